The Balaban J connectivity index is 2.90. The van der Waals surface area contributed by atoms with Crippen molar-refractivity contribution in [2.75, 3.05) is 13.7 Å². The highest BCUT2D eigenvalue weighted by Gasteiger charge is 2.22. The van der Waals surface area contributed by atoms with Gasteiger partial charge in [-0.05, 0) is 19.4 Å². The molecule has 8 nitrogen and oxygen atoms in total. The molecule has 0 saturated heterocycles. The summed E-state index contributed by atoms with van der Waals surface area (Å²) in [6.45, 7) is 1.43. The van der Waals surface area contributed by atoms with E-state index in [0.717, 1.165) is 12.1 Å². The Hall–Kier alpha value is -1.71. The number of esters is 1. The summed E-state index contributed by atoms with van der Waals surface area (Å²) >= 11 is 5.83. The molecule has 0 spiro atoms. The van der Waals surface area contributed by atoms with Gasteiger partial charge >= 0.3 is 5.97 Å². The minimum atomic E-state index is -3.95. The fourth-order valence-electron chi connectivity index (χ4n) is 1.61. The number of nitro benzene ring substituents is 1. The molecule has 0 saturated carbocycles. The van der Waals surface area contributed by atoms with Crippen LogP contribution in [-0.4, -0.2) is 33.0 Å². The lowest BCUT2D eigenvalue weighted by atomic mass is 10.2. The second-order valence-corrected chi connectivity index (χ2v) is 6.56. The first-order valence-electron chi connectivity index (χ1n) is 6.20. The number of methoxy groups -OCH3 is 1. The Kier molecular flexibility index (Phi) is 6.27. The van der Waals surface area contributed by atoms with E-state index >= 15 is 0 Å². The molecular weight excluding hydrogens is 336 g/mol. The molecular formula is C12H15ClN2O6S. The molecule has 0 aliphatic rings. The van der Waals surface area contributed by atoms with Crippen molar-refractivity contribution in [1.82, 2.24) is 4.72 Å². The lowest BCUT2D eigenvalue weighted by molar-refractivity contribution is -0.385. The summed E-state index contributed by atoms with van der Waals surface area (Å²) in [6.07, 6.45) is 0.307. The molecule has 1 N–H and O–H groups in total. The molecule has 0 fully saturated rings. The van der Waals surface area contributed by atoms with E-state index in [4.69, 9.17) is 11.6 Å². The summed E-state index contributed by atoms with van der Waals surface area (Å²) in [6, 6.07) is 2.09. The zero-order valence-corrected chi connectivity index (χ0v) is 13.5. The van der Waals surface area contributed by atoms with E-state index in [1.54, 1.807) is 0 Å². The molecule has 122 valence electrons. The summed E-state index contributed by atoms with van der Waals surface area (Å²) in [5.41, 5.74) is -0.182. The van der Waals surface area contributed by atoms with E-state index in [-0.39, 0.29) is 40.6 Å². The fraction of sp³-hybridized carbons (Fsp3) is 0.417. The van der Waals surface area contributed by atoms with Gasteiger partial charge in [-0.2, -0.15) is 0 Å². The van der Waals surface area contributed by atoms with Gasteiger partial charge in [-0.1, -0.05) is 11.6 Å². The highest BCUT2D eigenvalue weighted by Crippen LogP contribution is 2.29. The number of ether oxygens (including phenoxy) is 1. The quantitative estimate of drug-likeness (QED) is 0.347. The average molecular weight is 351 g/mol. The maximum absolute atomic E-state index is 12.1. The number of nitrogens with zero attached hydrogens (tertiary/aromatic N) is 1. The van der Waals surface area contributed by atoms with E-state index in [9.17, 15) is 23.3 Å². The standard InChI is InChI=1S/C12H15ClN2O6S/c1-8-10(13)6-9(7-11(8)15(17)18)22(19,20)14-5-3-4-12(16)21-2/h6-7,14H,3-5H2,1-2H3. The predicted molar refractivity (Wildman–Crippen MR) is 79.3 cm³/mol. The third-order valence-electron chi connectivity index (χ3n) is 2.87. The van der Waals surface area contributed by atoms with Crippen LogP contribution in [0.25, 0.3) is 0 Å². The SMILES string of the molecule is COC(=O)CCCNS(=O)(=O)c1cc(Cl)c(C)c([N+](=O)[O-])c1. The van der Waals surface area contributed by atoms with Crippen molar-refractivity contribution in [3.8, 4) is 0 Å². The van der Waals surface area contributed by atoms with Gasteiger partial charge in [0, 0.05) is 24.6 Å². The van der Waals surface area contributed by atoms with Gasteiger partial charge in [0.2, 0.25) is 10.0 Å². The Labute approximate surface area is 132 Å². The molecule has 1 aromatic rings. The Bertz CT molecular complexity index is 689. The smallest absolute Gasteiger partial charge is 0.305 e. The number of carbonyl (C=O) groups excluding carboxylic acids is 1. The van der Waals surface area contributed by atoms with Gasteiger partial charge in [-0.25, -0.2) is 13.1 Å². The normalized spacial score (nSPS) is 11.2. The lowest BCUT2D eigenvalue weighted by Gasteiger charge is -2.08. The van der Waals surface area contributed by atoms with E-state index in [1.165, 1.54) is 14.0 Å². The number of rotatable bonds is 7. The molecule has 10 heteroatoms. The first-order valence-corrected chi connectivity index (χ1v) is 8.06. The lowest BCUT2D eigenvalue weighted by Crippen LogP contribution is -2.25. The van der Waals surface area contributed by atoms with Crippen LogP contribution >= 0.6 is 11.6 Å². The molecule has 22 heavy (non-hydrogen) atoms. The summed E-state index contributed by atoms with van der Waals surface area (Å²) in [5.74, 6) is -0.451. The molecule has 1 aromatic carbocycles. The molecule has 0 aliphatic carbocycles. The Morgan fingerprint density at radius 1 is 1.45 bits per heavy atom. The minimum absolute atomic E-state index is 0.00325. The third kappa shape index (κ3) is 4.65. The number of nitrogens with one attached hydrogen (secondary N) is 1. The maximum atomic E-state index is 12.1. The average Bonchev–Trinajstić information content (AvgIpc) is 2.45. The van der Waals surface area contributed by atoms with E-state index < -0.39 is 20.9 Å². The van der Waals surface area contributed by atoms with Gasteiger partial charge in [-0.3, -0.25) is 14.9 Å². The molecule has 0 atom stereocenters. The van der Waals surface area contributed by atoms with Crippen LogP contribution in [-0.2, 0) is 19.6 Å². The van der Waals surface area contributed by atoms with E-state index in [1.807, 2.05) is 0 Å². The van der Waals surface area contributed by atoms with Crippen LogP contribution in [0.1, 0.15) is 18.4 Å². The second kappa shape index (κ2) is 7.52. The maximum Gasteiger partial charge on any atom is 0.305 e. The van der Waals surface area contributed by atoms with Crippen molar-refractivity contribution in [3.63, 3.8) is 0 Å². The van der Waals surface area contributed by atoms with Crippen molar-refractivity contribution in [2.24, 2.45) is 0 Å². The molecule has 0 heterocycles. The molecule has 0 unspecified atom stereocenters. The second-order valence-electron chi connectivity index (χ2n) is 4.38. The van der Waals surface area contributed by atoms with Crippen LogP contribution in [0.3, 0.4) is 0 Å². The number of hydrogen-bond acceptors (Lipinski definition) is 6. The largest absolute Gasteiger partial charge is 0.469 e. The summed E-state index contributed by atoms with van der Waals surface area (Å²) in [5, 5.41) is 10.9. The molecule has 0 bridgehead atoms. The Morgan fingerprint density at radius 2 is 2.09 bits per heavy atom. The van der Waals surface area contributed by atoms with Crippen molar-refractivity contribution in [1.29, 1.82) is 0 Å². The van der Waals surface area contributed by atoms with Crippen molar-refractivity contribution in [3.05, 3.63) is 32.8 Å². The number of carbonyl (C=O) groups is 1. The van der Waals surface area contributed by atoms with Gasteiger partial charge in [-0.15, -0.1) is 0 Å². The summed E-state index contributed by atoms with van der Waals surface area (Å²) in [7, 11) is -2.72. The number of benzene rings is 1. The van der Waals surface area contributed by atoms with Crippen LogP contribution in [0.2, 0.25) is 5.02 Å². The van der Waals surface area contributed by atoms with Crippen LogP contribution in [0, 0.1) is 17.0 Å². The van der Waals surface area contributed by atoms with Crippen molar-refractivity contribution in [2.45, 2.75) is 24.7 Å². The number of halogens is 1. The van der Waals surface area contributed by atoms with E-state index in [2.05, 4.69) is 9.46 Å². The topological polar surface area (TPSA) is 116 Å². The first-order chi connectivity index (χ1) is 10.2. The fourth-order valence-corrected chi connectivity index (χ4v) is 3.01. The monoisotopic (exact) mass is 350 g/mol. The van der Waals surface area contributed by atoms with Gasteiger partial charge in [0.15, 0.2) is 0 Å². The number of nitro groups is 1. The van der Waals surface area contributed by atoms with E-state index in [0.29, 0.717) is 0 Å². The van der Waals surface area contributed by atoms with Crippen molar-refractivity contribution < 1.29 is 22.9 Å². The molecule has 1 rings (SSSR count). The molecule has 0 radical (unpaired) electrons. The summed E-state index contributed by atoms with van der Waals surface area (Å²) in [4.78, 5) is 20.8. The van der Waals surface area contributed by atoms with Crippen LogP contribution in [0.5, 0.6) is 0 Å². The van der Waals surface area contributed by atoms with Gasteiger partial charge < -0.3 is 4.74 Å². The highest BCUT2D eigenvalue weighted by atomic mass is 35.5. The number of hydrogen-bond donors (Lipinski definition) is 1. The summed E-state index contributed by atoms with van der Waals surface area (Å²) < 4.78 is 30.8. The predicted octanol–water partition coefficient (Wildman–Crippen LogP) is 1.79. The third-order valence-corrected chi connectivity index (χ3v) is 4.71. The zero-order chi connectivity index (χ0) is 16.9. The Morgan fingerprint density at radius 3 is 2.64 bits per heavy atom. The van der Waals surface area contributed by atoms with Crippen molar-refractivity contribution >= 4 is 33.3 Å². The van der Waals surface area contributed by atoms with Gasteiger partial charge in [0.25, 0.3) is 5.69 Å². The molecule has 0 amide bonds. The molecule has 0 aromatic heterocycles. The van der Waals surface area contributed by atoms with Crippen LogP contribution < -0.4 is 4.72 Å². The van der Waals surface area contributed by atoms with Gasteiger partial charge in [0.05, 0.1) is 22.0 Å². The van der Waals surface area contributed by atoms with Crippen LogP contribution in [0.4, 0.5) is 5.69 Å². The highest BCUT2D eigenvalue weighted by molar-refractivity contribution is 7.89. The minimum Gasteiger partial charge on any atom is -0.469 e. The van der Waals surface area contributed by atoms with Crippen LogP contribution in [0.15, 0.2) is 17.0 Å². The first kappa shape index (κ1) is 18.3. The number of sulfonamides is 1. The van der Waals surface area contributed by atoms with Gasteiger partial charge in [0.1, 0.15) is 0 Å². The molecule has 0 aliphatic heterocycles. The zero-order valence-electron chi connectivity index (χ0n) is 12.0.